The summed E-state index contributed by atoms with van der Waals surface area (Å²) in [4.78, 5) is 29.3. The van der Waals surface area contributed by atoms with Crippen molar-refractivity contribution in [3.05, 3.63) is 53.7 Å². The molecular weight excluding hydrogens is 470 g/mol. The van der Waals surface area contributed by atoms with E-state index in [2.05, 4.69) is 19.2 Å². The number of aromatic nitrogens is 1. The Bertz CT molecular complexity index is 1270. The molecule has 1 unspecified atom stereocenters. The van der Waals surface area contributed by atoms with Gasteiger partial charge in [0, 0.05) is 24.0 Å². The number of fused-ring (bicyclic) bond motifs is 3. The van der Waals surface area contributed by atoms with E-state index in [0.29, 0.717) is 54.9 Å². The Morgan fingerprint density at radius 3 is 2.35 bits per heavy atom. The fourth-order valence-electron chi connectivity index (χ4n) is 5.04. The van der Waals surface area contributed by atoms with Crippen LogP contribution in [-0.2, 0) is 17.8 Å². The lowest BCUT2D eigenvalue weighted by molar-refractivity contribution is -0.132. The van der Waals surface area contributed by atoms with Crippen LogP contribution >= 0.6 is 0 Å². The normalized spacial score (nSPS) is 17.2. The Kier molecular flexibility index (Phi) is 7.66. The number of benzene rings is 2. The van der Waals surface area contributed by atoms with Crippen LogP contribution in [0, 0.1) is 5.92 Å². The van der Waals surface area contributed by atoms with Gasteiger partial charge in [-0.25, -0.2) is 0 Å². The van der Waals surface area contributed by atoms with Gasteiger partial charge in [0.1, 0.15) is 11.2 Å². The molecule has 0 aliphatic carbocycles. The second-order valence-electron chi connectivity index (χ2n) is 10.1. The van der Waals surface area contributed by atoms with Gasteiger partial charge in [-0.05, 0) is 55.5 Å². The first-order chi connectivity index (χ1) is 17.7. The molecule has 0 saturated heterocycles. The van der Waals surface area contributed by atoms with E-state index < -0.39 is 5.54 Å². The Morgan fingerprint density at radius 1 is 1.05 bits per heavy atom. The summed E-state index contributed by atoms with van der Waals surface area (Å²) in [5.41, 5.74) is 1.41. The van der Waals surface area contributed by atoms with Crippen LogP contribution in [0.5, 0.6) is 17.2 Å². The molecule has 4 rings (SSSR count). The molecular formula is C29H37N3O5. The van der Waals surface area contributed by atoms with Crippen LogP contribution in [0.15, 0.2) is 42.5 Å². The zero-order valence-electron chi connectivity index (χ0n) is 22.6. The molecule has 1 aliphatic heterocycles. The number of carbonyl (C=O) groups excluding carboxylic acids is 2. The summed E-state index contributed by atoms with van der Waals surface area (Å²) in [6, 6.07) is 13.6. The summed E-state index contributed by atoms with van der Waals surface area (Å²) in [5.74, 6) is 1.79. The van der Waals surface area contributed by atoms with Gasteiger partial charge in [0.2, 0.25) is 11.7 Å². The van der Waals surface area contributed by atoms with Crippen molar-refractivity contribution in [1.29, 1.82) is 0 Å². The highest BCUT2D eigenvalue weighted by Gasteiger charge is 2.47. The van der Waals surface area contributed by atoms with Crippen LogP contribution in [0.3, 0.4) is 0 Å². The van der Waals surface area contributed by atoms with Crippen LogP contribution in [0.4, 0.5) is 0 Å². The Morgan fingerprint density at radius 2 is 1.73 bits per heavy atom. The van der Waals surface area contributed by atoms with E-state index in [1.54, 1.807) is 26.2 Å². The minimum atomic E-state index is -1.05. The van der Waals surface area contributed by atoms with Gasteiger partial charge in [0.15, 0.2) is 11.5 Å². The van der Waals surface area contributed by atoms with E-state index >= 15 is 0 Å². The maximum absolute atomic E-state index is 13.9. The molecule has 1 N–H and O–H groups in total. The first-order valence-corrected chi connectivity index (χ1v) is 12.7. The topological polar surface area (TPSA) is 82.0 Å². The Hall–Kier alpha value is -3.68. The number of methoxy groups -OCH3 is 3. The predicted octanol–water partition coefficient (Wildman–Crippen LogP) is 4.29. The number of rotatable bonds is 10. The first-order valence-electron chi connectivity index (χ1n) is 12.7. The molecule has 1 aromatic heterocycles. The van der Waals surface area contributed by atoms with Crippen molar-refractivity contribution in [2.75, 3.05) is 34.4 Å². The molecule has 2 amide bonds. The van der Waals surface area contributed by atoms with Crippen molar-refractivity contribution < 1.29 is 23.8 Å². The lowest BCUT2D eigenvalue weighted by Gasteiger charge is -2.44. The summed E-state index contributed by atoms with van der Waals surface area (Å²) >= 11 is 0. The molecule has 2 heterocycles. The van der Waals surface area contributed by atoms with Gasteiger partial charge in [0.25, 0.3) is 5.91 Å². The maximum Gasteiger partial charge on any atom is 0.271 e. The number of ether oxygens (including phenoxy) is 3. The average molecular weight is 508 g/mol. The number of para-hydroxylation sites is 1. The number of amides is 2. The van der Waals surface area contributed by atoms with E-state index in [4.69, 9.17) is 14.2 Å². The van der Waals surface area contributed by atoms with Crippen LogP contribution in [0.1, 0.15) is 43.2 Å². The fourth-order valence-corrected chi connectivity index (χ4v) is 5.04. The molecule has 1 aliphatic rings. The summed E-state index contributed by atoms with van der Waals surface area (Å²) in [7, 11) is 4.72. The van der Waals surface area contributed by atoms with Crippen molar-refractivity contribution in [3.63, 3.8) is 0 Å². The van der Waals surface area contributed by atoms with Gasteiger partial charge in [-0.15, -0.1) is 0 Å². The summed E-state index contributed by atoms with van der Waals surface area (Å²) in [5, 5.41) is 4.08. The second-order valence-corrected chi connectivity index (χ2v) is 10.1. The molecule has 1 atom stereocenters. The molecule has 198 valence electrons. The lowest BCUT2D eigenvalue weighted by atomic mass is 9.93. The zero-order valence-corrected chi connectivity index (χ0v) is 22.6. The molecule has 37 heavy (non-hydrogen) atoms. The van der Waals surface area contributed by atoms with Crippen LogP contribution in [0.25, 0.3) is 10.9 Å². The number of hydrogen-bond acceptors (Lipinski definition) is 5. The van der Waals surface area contributed by atoms with E-state index in [-0.39, 0.29) is 11.8 Å². The Labute approximate surface area is 218 Å². The van der Waals surface area contributed by atoms with Gasteiger partial charge in [-0.1, -0.05) is 32.0 Å². The third kappa shape index (κ3) is 4.97. The smallest absolute Gasteiger partial charge is 0.271 e. The van der Waals surface area contributed by atoms with E-state index in [1.165, 1.54) is 0 Å². The number of nitrogens with one attached hydrogen (secondary N) is 1. The van der Waals surface area contributed by atoms with Crippen molar-refractivity contribution in [1.82, 2.24) is 14.8 Å². The van der Waals surface area contributed by atoms with Crippen LogP contribution in [-0.4, -0.2) is 61.2 Å². The van der Waals surface area contributed by atoms with E-state index in [1.807, 2.05) is 54.0 Å². The minimum absolute atomic E-state index is 0.144. The van der Waals surface area contributed by atoms with Gasteiger partial charge in [0.05, 0.1) is 27.9 Å². The first kappa shape index (κ1) is 26.4. The Balaban J connectivity index is 1.69. The van der Waals surface area contributed by atoms with Crippen molar-refractivity contribution in [3.8, 4) is 17.2 Å². The molecule has 0 saturated carbocycles. The third-order valence-electron chi connectivity index (χ3n) is 7.18. The monoisotopic (exact) mass is 507 g/mol. The van der Waals surface area contributed by atoms with Crippen LogP contribution < -0.4 is 19.5 Å². The van der Waals surface area contributed by atoms with Crippen molar-refractivity contribution in [2.45, 2.75) is 45.7 Å². The highest BCUT2D eigenvalue weighted by molar-refractivity contribution is 6.03. The molecule has 8 heteroatoms. The molecule has 2 aromatic carbocycles. The minimum Gasteiger partial charge on any atom is -0.493 e. The molecule has 0 radical (unpaired) electrons. The fraction of sp³-hybridized carbons (Fsp3) is 0.448. The summed E-state index contributed by atoms with van der Waals surface area (Å²) < 4.78 is 18.4. The van der Waals surface area contributed by atoms with Gasteiger partial charge >= 0.3 is 0 Å². The highest BCUT2D eigenvalue weighted by atomic mass is 16.5. The summed E-state index contributed by atoms with van der Waals surface area (Å²) in [6.07, 6.45) is 1.39. The molecule has 0 spiro atoms. The predicted molar refractivity (Wildman–Crippen MR) is 144 cm³/mol. The van der Waals surface area contributed by atoms with Crippen LogP contribution in [0.2, 0.25) is 0 Å². The zero-order chi connectivity index (χ0) is 26.7. The highest BCUT2D eigenvalue weighted by Crippen LogP contribution is 2.39. The number of nitrogens with zero attached hydrogens (tertiary/aromatic N) is 2. The van der Waals surface area contributed by atoms with Crippen molar-refractivity contribution >= 4 is 22.7 Å². The maximum atomic E-state index is 13.9. The average Bonchev–Trinajstić information content (AvgIpc) is 3.26. The molecule has 0 bridgehead atoms. The molecule has 3 aromatic rings. The van der Waals surface area contributed by atoms with Crippen molar-refractivity contribution in [2.24, 2.45) is 5.92 Å². The summed E-state index contributed by atoms with van der Waals surface area (Å²) in [6.45, 7) is 7.42. The van der Waals surface area contributed by atoms with E-state index in [0.717, 1.165) is 22.9 Å². The quantitative estimate of drug-likeness (QED) is 0.443. The van der Waals surface area contributed by atoms with Gasteiger partial charge in [-0.3, -0.25) is 9.59 Å². The number of carbonyl (C=O) groups is 2. The second kappa shape index (κ2) is 10.7. The standard InChI is InChI=1S/C29H37N3O5/c1-19(2)11-13-30-28(34)29(3)18-31-22-10-8-7-9-21(22)17-23(31)27(33)32(29)14-12-20-15-24(35-4)26(37-6)25(16-20)36-5/h7-10,15-17,19H,11-14,18H2,1-6H3,(H,30,34). The largest absolute Gasteiger partial charge is 0.493 e. The third-order valence-corrected chi connectivity index (χ3v) is 7.18. The van der Waals surface area contributed by atoms with Gasteiger partial charge in [-0.2, -0.15) is 0 Å². The van der Waals surface area contributed by atoms with E-state index in [9.17, 15) is 9.59 Å². The SMILES string of the molecule is COc1cc(CCN2C(=O)c3cc4ccccc4n3CC2(C)C(=O)NCCC(C)C)cc(OC)c1OC. The van der Waals surface area contributed by atoms with Gasteiger partial charge < -0.3 is 29.0 Å². The number of hydrogen-bond donors (Lipinski definition) is 1. The molecule has 8 nitrogen and oxygen atoms in total. The lowest BCUT2D eigenvalue weighted by Crippen LogP contribution is -2.64. The molecule has 0 fully saturated rings.